The normalized spacial score (nSPS) is 15.2. The van der Waals surface area contributed by atoms with E-state index in [1.807, 2.05) is 0 Å². The zero-order chi connectivity index (χ0) is 14.0. The van der Waals surface area contributed by atoms with Crippen LogP contribution >= 0.6 is 0 Å². The molecule has 0 spiro atoms. The molecule has 1 unspecified atom stereocenters. The number of aliphatic hydroxyl groups excluding tert-OH is 1. The molecule has 0 aliphatic heterocycles. The zero-order valence-electron chi connectivity index (χ0n) is 9.17. The van der Waals surface area contributed by atoms with Crippen LogP contribution in [0.2, 0.25) is 0 Å². The summed E-state index contributed by atoms with van der Waals surface area (Å²) >= 11 is 0. The molecule has 0 fully saturated rings. The molecule has 0 radical (unpaired) electrons. The van der Waals surface area contributed by atoms with Crippen molar-refractivity contribution in [2.75, 3.05) is 12.3 Å². The van der Waals surface area contributed by atoms with Gasteiger partial charge in [0.15, 0.2) is 0 Å². The molecule has 1 aromatic rings. The van der Waals surface area contributed by atoms with Crippen molar-refractivity contribution in [3.63, 3.8) is 0 Å². The Balaban J connectivity index is 2.90. The van der Waals surface area contributed by atoms with E-state index in [0.717, 1.165) is 12.1 Å². The number of alkyl halides is 4. The average molecular weight is 268 g/mol. The molecule has 18 heavy (non-hydrogen) atoms. The van der Waals surface area contributed by atoms with Crippen LogP contribution in [0.25, 0.3) is 0 Å². The predicted octanol–water partition coefficient (Wildman–Crippen LogP) is 1.33. The van der Waals surface area contributed by atoms with Gasteiger partial charge in [-0.25, -0.2) is 0 Å². The van der Waals surface area contributed by atoms with Crippen LogP contribution in [0, 0.1) is 0 Å². The van der Waals surface area contributed by atoms with Crippen LogP contribution in [-0.4, -0.2) is 23.9 Å². The molecule has 1 atom stereocenters. The molecule has 102 valence electrons. The smallest absolute Gasteiger partial charge is 0.439 e. The number of anilines is 1. The van der Waals surface area contributed by atoms with Crippen LogP contribution in [0.1, 0.15) is 5.56 Å². The first-order valence-corrected chi connectivity index (χ1v) is 4.90. The summed E-state index contributed by atoms with van der Waals surface area (Å²) in [6.45, 7) is -0.170. The largest absolute Gasteiger partial charge is 0.477 e. The highest BCUT2D eigenvalue weighted by Gasteiger charge is 2.56. The summed E-state index contributed by atoms with van der Waals surface area (Å²) in [5, 5.41) is 8.69. The minimum atomic E-state index is -5.36. The number of nitrogen functional groups attached to an aromatic ring is 1. The Kier molecular flexibility index (Phi) is 4.02. The fourth-order valence-corrected chi connectivity index (χ4v) is 1.21. The number of aliphatic hydroxyl groups is 1. The van der Waals surface area contributed by atoms with E-state index in [0.29, 0.717) is 5.56 Å². The topological polar surface area (TPSA) is 81.5 Å². The Labute approximate surface area is 100 Å². The summed E-state index contributed by atoms with van der Waals surface area (Å²) in [5.41, 5.74) is 10.5. The van der Waals surface area contributed by atoms with E-state index in [1.54, 1.807) is 0 Å². The second-order valence-electron chi connectivity index (χ2n) is 3.58. The first kappa shape index (κ1) is 14.5. The van der Waals surface area contributed by atoms with Gasteiger partial charge in [0.1, 0.15) is 5.75 Å². The lowest BCUT2D eigenvalue weighted by molar-refractivity contribution is -0.299. The number of ether oxygens (including phenoxy) is 1. The Morgan fingerprint density at radius 3 is 2.28 bits per heavy atom. The average Bonchev–Trinajstić information content (AvgIpc) is 2.20. The highest BCUT2D eigenvalue weighted by atomic mass is 19.4. The molecular formula is C10H12F4N2O2. The van der Waals surface area contributed by atoms with Gasteiger partial charge in [-0.2, -0.15) is 17.6 Å². The van der Waals surface area contributed by atoms with E-state index < -0.39 is 17.9 Å². The van der Waals surface area contributed by atoms with Crippen LogP contribution in [0.4, 0.5) is 23.2 Å². The van der Waals surface area contributed by atoms with E-state index in [4.69, 9.17) is 10.8 Å². The van der Waals surface area contributed by atoms with Crippen molar-refractivity contribution in [1.82, 2.24) is 0 Å². The Morgan fingerprint density at radius 2 is 1.83 bits per heavy atom. The molecule has 4 nitrogen and oxygen atoms in total. The van der Waals surface area contributed by atoms with Crippen molar-refractivity contribution in [3.8, 4) is 5.75 Å². The van der Waals surface area contributed by atoms with Gasteiger partial charge in [0.2, 0.25) is 0 Å². The standard InChI is InChI=1S/C10H12F4N2O2/c11-9(12,13)10(14,16)18-7-2-1-6(3-4-17)8(15)5-7/h1-2,5,17H,3-4,15-16H2. The fraction of sp³-hybridized carbons (Fsp3) is 0.400. The molecule has 1 aromatic carbocycles. The van der Waals surface area contributed by atoms with E-state index in [2.05, 4.69) is 10.5 Å². The fourth-order valence-electron chi connectivity index (χ4n) is 1.21. The van der Waals surface area contributed by atoms with Crippen molar-refractivity contribution in [2.24, 2.45) is 5.73 Å². The molecule has 0 saturated carbocycles. The van der Waals surface area contributed by atoms with E-state index >= 15 is 0 Å². The van der Waals surface area contributed by atoms with Crippen LogP contribution < -0.4 is 16.2 Å². The maximum absolute atomic E-state index is 13.0. The monoisotopic (exact) mass is 268 g/mol. The van der Waals surface area contributed by atoms with Crippen molar-refractivity contribution in [2.45, 2.75) is 18.6 Å². The Bertz CT molecular complexity index is 421. The van der Waals surface area contributed by atoms with Gasteiger partial charge in [-0.15, -0.1) is 0 Å². The number of rotatable bonds is 4. The number of benzene rings is 1. The molecular weight excluding hydrogens is 256 g/mol. The maximum Gasteiger partial charge on any atom is 0.477 e. The lowest BCUT2D eigenvalue weighted by Gasteiger charge is -2.24. The summed E-state index contributed by atoms with van der Waals surface area (Å²) < 4.78 is 53.4. The molecule has 8 heteroatoms. The lowest BCUT2D eigenvalue weighted by Crippen LogP contribution is -2.54. The SMILES string of the molecule is Nc1cc(OC(N)(F)C(F)(F)F)ccc1CCO. The third-order valence-electron chi connectivity index (χ3n) is 2.15. The van der Waals surface area contributed by atoms with Gasteiger partial charge in [0.05, 0.1) is 0 Å². The quantitative estimate of drug-likeness (QED) is 0.333. The van der Waals surface area contributed by atoms with Gasteiger partial charge >= 0.3 is 12.2 Å². The molecule has 0 heterocycles. The first-order valence-electron chi connectivity index (χ1n) is 4.90. The molecule has 5 N–H and O–H groups in total. The molecule has 1 rings (SSSR count). The highest BCUT2D eigenvalue weighted by molar-refractivity contribution is 5.51. The summed E-state index contributed by atoms with van der Waals surface area (Å²) in [5.74, 6) is -4.73. The zero-order valence-corrected chi connectivity index (χ0v) is 9.17. The Hall–Kier alpha value is -1.54. The van der Waals surface area contributed by atoms with Crippen molar-refractivity contribution in [1.29, 1.82) is 0 Å². The van der Waals surface area contributed by atoms with Gasteiger partial charge in [0.25, 0.3) is 0 Å². The predicted molar refractivity (Wildman–Crippen MR) is 56.4 cm³/mol. The van der Waals surface area contributed by atoms with Gasteiger partial charge in [-0.3, -0.25) is 5.73 Å². The number of halogens is 4. The van der Waals surface area contributed by atoms with E-state index in [1.165, 1.54) is 6.07 Å². The molecule has 0 aliphatic rings. The number of hydrogen-bond acceptors (Lipinski definition) is 4. The highest BCUT2D eigenvalue weighted by Crippen LogP contribution is 2.33. The summed E-state index contributed by atoms with van der Waals surface area (Å²) in [4.78, 5) is 0. The molecule has 0 aromatic heterocycles. The summed E-state index contributed by atoms with van der Waals surface area (Å²) in [6, 6.07) is 3.43. The summed E-state index contributed by atoms with van der Waals surface area (Å²) in [6.07, 6.45) is -5.12. The van der Waals surface area contributed by atoms with Crippen LogP contribution in [0.3, 0.4) is 0 Å². The van der Waals surface area contributed by atoms with Gasteiger partial charge < -0.3 is 15.6 Å². The second-order valence-corrected chi connectivity index (χ2v) is 3.58. The third-order valence-corrected chi connectivity index (χ3v) is 2.15. The van der Waals surface area contributed by atoms with Gasteiger partial charge in [-0.1, -0.05) is 6.07 Å². The Morgan fingerprint density at radius 1 is 1.22 bits per heavy atom. The molecule has 0 bridgehead atoms. The summed E-state index contributed by atoms with van der Waals surface area (Å²) in [7, 11) is 0. The minimum absolute atomic E-state index is 0.0829. The maximum atomic E-state index is 13.0. The van der Waals surface area contributed by atoms with Crippen molar-refractivity contribution in [3.05, 3.63) is 23.8 Å². The van der Waals surface area contributed by atoms with Crippen LogP contribution in [-0.2, 0) is 6.42 Å². The molecule has 0 amide bonds. The van der Waals surface area contributed by atoms with Gasteiger partial charge in [0, 0.05) is 18.4 Å². The third kappa shape index (κ3) is 3.23. The second kappa shape index (κ2) is 4.99. The molecule has 0 aliphatic carbocycles. The van der Waals surface area contributed by atoms with Crippen molar-refractivity contribution < 1.29 is 27.4 Å². The van der Waals surface area contributed by atoms with Gasteiger partial charge in [-0.05, 0) is 18.1 Å². The first-order chi connectivity index (χ1) is 8.17. The minimum Gasteiger partial charge on any atom is -0.439 e. The van der Waals surface area contributed by atoms with E-state index in [9.17, 15) is 17.6 Å². The molecule has 0 saturated heterocycles. The van der Waals surface area contributed by atoms with Crippen LogP contribution in [0.5, 0.6) is 5.75 Å². The number of hydrogen-bond donors (Lipinski definition) is 3. The van der Waals surface area contributed by atoms with Crippen molar-refractivity contribution >= 4 is 5.69 Å². The van der Waals surface area contributed by atoms with Crippen LogP contribution in [0.15, 0.2) is 18.2 Å². The number of nitrogens with two attached hydrogens (primary N) is 2. The van der Waals surface area contributed by atoms with E-state index in [-0.39, 0.29) is 18.7 Å². The lowest BCUT2D eigenvalue weighted by atomic mass is 10.1.